The number of nitrogens with zero attached hydrogens (tertiary/aromatic N) is 5. The molecular formula is C21H26FN5O. The summed E-state index contributed by atoms with van der Waals surface area (Å²) in [5.74, 6) is 0.487. The van der Waals surface area contributed by atoms with Gasteiger partial charge >= 0.3 is 0 Å². The number of pyridine rings is 1. The summed E-state index contributed by atoms with van der Waals surface area (Å²) in [6.45, 7) is 7.52. The van der Waals surface area contributed by atoms with Crippen LogP contribution in [-0.4, -0.2) is 36.9 Å². The maximum absolute atomic E-state index is 13.3. The van der Waals surface area contributed by atoms with Crippen LogP contribution in [0.4, 0.5) is 4.39 Å². The smallest absolute Gasteiger partial charge is 0.253 e. The molecule has 1 aliphatic rings. The van der Waals surface area contributed by atoms with Crippen LogP contribution in [0.3, 0.4) is 0 Å². The molecule has 1 fully saturated rings. The predicted octanol–water partition coefficient (Wildman–Crippen LogP) is 3.07. The van der Waals surface area contributed by atoms with Gasteiger partial charge in [0.1, 0.15) is 11.5 Å². The molecular weight excluding hydrogens is 357 g/mol. The van der Waals surface area contributed by atoms with Gasteiger partial charge in [0.05, 0.1) is 17.7 Å². The minimum absolute atomic E-state index is 0.0399. The third-order valence-electron chi connectivity index (χ3n) is 5.50. The summed E-state index contributed by atoms with van der Waals surface area (Å²) in [6, 6.07) is 4.79. The van der Waals surface area contributed by atoms with Crippen LogP contribution in [0.15, 0.2) is 41.7 Å². The summed E-state index contributed by atoms with van der Waals surface area (Å²) in [5, 5.41) is 0. The van der Waals surface area contributed by atoms with Gasteiger partial charge in [-0.25, -0.2) is 14.4 Å². The summed E-state index contributed by atoms with van der Waals surface area (Å²) in [5.41, 5.74) is 2.61. The molecule has 0 N–H and O–H groups in total. The SMILES string of the molecule is CC(C)c1cc(=O)n(CC2CCN(Cc3cn4cc(F)ccc4n3)CC2)cn1. The van der Waals surface area contributed by atoms with E-state index in [0.717, 1.165) is 56.1 Å². The Balaban J connectivity index is 1.33. The molecule has 0 atom stereocenters. The molecule has 1 aliphatic heterocycles. The second-order valence-electron chi connectivity index (χ2n) is 8.02. The van der Waals surface area contributed by atoms with Gasteiger partial charge in [0.2, 0.25) is 0 Å². The summed E-state index contributed by atoms with van der Waals surface area (Å²) in [4.78, 5) is 23.7. The molecule has 0 aliphatic carbocycles. The lowest BCUT2D eigenvalue weighted by Crippen LogP contribution is -2.36. The first-order chi connectivity index (χ1) is 13.5. The number of rotatable bonds is 5. The molecule has 0 radical (unpaired) electrons. The second kappa shape index (κ2) is 7.83. The predicted molar refractivity (Wildman–Crippen MR) is 106 cm³/mol. The van der Waals surface area contributed by atoms with Crippen molar-refractivity contribution >= 4 is 5.65 Å². The van der Waals surface area contributed by atoms with E-state index in [2.05, 4.69) is 14.9 Å². The third kappa shape index (κ3) is 4.14. The van der Waals surface area contributed by atoms with Crippen molar-refractivity contribution < 1.29 is 4.39 Å². The van der Waals surface area contributed by atoms with Crippen molar-refractivity contribution in [3.05, 3.63) is 64.5 Å². The van der Waals surface area contributed by atoms with E-state index in [4.69, 9.17) is 0 Å². The standard InChI is InChI=1S/C21H26FN5O/c1-15(2)19-9-21(28)27(14-23-19)10-16-5-7-25(8-6-16)12-18-13-26-11-17(22)3-4-20(26)24-18/h3-4,9,11,13-16H,5-8,10,12H2,1-2H3. The van der Waals surface area contributed by atoms with Gasteiger partial charge < -0.3 is 4.40 Å². The lowest BCUT2D eigenvalue weighted by molar-refractivity contribution is 0.165. The molecule has 3 aromatic rings. The lowest BCUT2D eigenvalue weighted by atomic mass is 9.96. The largest absolute Gasteiger partial charge is 0.304 e. The molecule has 0 spiro atoms. The molecule has 28 heavy (non-hydrogen) atoms. The van der Waals surface area contributed by atoms with Gasteiger partial charge in [0.15, 0.2) is 0 Å². The fourth-order valence-electron chi connectivity index (χ4n) is 3.82. The van der Waals surface area contributed by atoms with E-state index in [1.165, 1.54) is 12.3 Å². The Hall–Kier alpha value is -2.54. The molecule has 1 saturated heterocycles. The number of halogens is 1. The highest BCUT2D eigenvalue weighted by molar-refractivity contribution is 5.39. The van der Waals surface area contributed by atoms with Gasteiger partial charge in [-0.15, -0.1) is 0 Å². The Morgan fingerprint density at radius 2 is 2.00 bits per heavy atom. The fourth-order valence-corrected chi connectivity index (χ4v) is 3.82. The molecule has 7 heteroatoms. The highest BCUT2D eigenvalue weighted by atomic mass is 19.1. The first kappa shape index (κ1) is 18.8. The second-order valence-corrected chi connectivity index (χ2v) is 8.02. The van der Waals surface area contributed by atoms with Crippen molar-refractivity contribution in [2.75, 3.05) is 13.1 Å². The zero-order valence-corrected chi connectivity index (χ0v) is 16.4. The Bertz CT molecular complexity index is 1020. The van der Waals surface area contributed by atoms with Gasteiger partial charge in [-0.05, 0) is 49.9 Å². The monoisotopic (exact) mass is 383 g/mol. The molecule has 0 unspecified atom stereocenters. The van der Waals surface area contributed by atoms with Gasteiger partial charge in [0, 0.05) is 31.5 Å². The van der Waals surface area contributed by atoms with Crippen LogP contribution in [0.1, 0.15) is 44.0 Å². The maximum atomic E-state index is 13.3. The normalized spacial score (nSPS) is 16.3. The molecule has 148 valence electrons. The van der Waals surface area contributed by atoms with Crippen molar-refractivity contribution in [1.29, 1.82) is 0 Å². The van der Waals surface area contributed by atoms with Gasteiger partial charge in [-0.1, -0.05) is 13.8 Å². The number of hydrogen-bond donors (Lipinski definition) is 0. The number of imidazole rings is 1. The third-order valence-corrected chi connectivity index (χ3v) is 5.50. The topological polar surface area (TPSA) is 55.4 Å². The average molecular weight is 383 g/mol. The quantitative estimate of drug-likeness (QED) is 0.680. The van der Waals surface area contributed by atoms with Crippen LogP contribution in [0.5, 0.6) is 0 Å². The van der Waals surface area contributed by atoms with Crippen molar-refractivity contribution in [3.8, 4) is 0 Å². The lowest BCUT2D eigenvalue weighted by Gasteiger charge is -2.31. The number of hydrogen-bond acceptors (Lipinski definition) is 4. The number of aromatic nitrogens is 4. The van der Waals surface area contributed by atoms with E-state index in [9.17, 15) is 9.18 Å². The minimum Gasteiger partial charge on any atom is -0.304 e. The van der Waals surface area contributed by atoms with Crippen LogP contribution < -0.4 is 5.56 Å². The van der Waals surface area contributed by atoms with E-state index < -0.39 is 0 Å². The summed E-state index contributed by atoms with van der Waals surface area (Å²) < 4.78 is 16.8. The van der Waals surface area contributed by atoms with Crippen molar-refractivity contribution in [2.45, 2.75) is 45.7 Å². The fraction of sp³-hybridized carbons (Fsp3) is 0.476. The van der Waals surface area contributed by atoms with Gasteiger partial charge in [-0.2, -0.15) is 0 Å². The molecule has 4 heterocycles. The van der Waals surface area contributed by atoms with Crippen LogP contribution in [-0.2, 0) is 13.1 Å². The Morgan fingerprint density at radius 1 is 1.21 bits per heavy atom. The summed E-state index contributed by atoms with van der Waals surface area (Å²) in [6.07, 6.45) is 7.13. The maximum Gasteiger partial charge on any atom is 0.253 e. The van der Waals surface area contributed by atoms with Crippen LogP contribution in [0, 0.1) is 11.7 Å². The van der Waals surface area contributed by atoms with E-state index in [-0.39, 0.29) is 17.3 Å². The van der Waals surface area contributed by atoms with E-state index in [1.807, 2.05) is 20.0 Å². The highest BCUT2D eigenvalue weighted by Gasteiger charge is 2.21. The number of likely N-dealkylation sites (tertiary alicyclic amines) is 1. The van der Waals surface area contributed by atoms with Crippen molar-refractivity contribution in [1.82, 2.24) is 23.8 Å². The number of piperidine rings is 1. The first-order valence-electron chi connectivity index (χ1n) is 9.90. The van der Waals surface area contributed by atoms with Crippen LogP contribution >= 0.6 is 0 Å². The molecule has 0 aromatic carbocycles. The van der Waals surface area contributed by atoms with Crippen molar-refractivity contribution in [2.24, 2.45) is 5.92 Å². The average Bonchev–Trinajstić information content (AvgIpc) is 3.06. The summed E-state index contributed by atoms with van der Waals surface area (Å²) in [7, 11) is 0. The molecule has 0 amide bonds. The molecule has 4 rings (SSSR count). The Kier molecular flexibility index (Phi) is 5.26. The molecule has 0 saturated carbocycles. The van der Waals surface area contributed by atoms with Crippen LogP contribution in [0.25, 0.3) is 5.65 Å². The Morgan fingerprint density at radius 3 is 2.71 bits per heavy atom. The highest BCUT2D eigenvalue weighted by Crippen LogP contribution is 2.20. The van der Waals surface area contributed by atoms with Crippen LogP contribution in [0.2, 0.25) is 0 Å². The zero-order valence-electron chi connectivity index (χ0n) is 16.4. The Labute approximate surface area is 163 Å². The minimum atomic E-state index is -0.261. The van der Waals surface area contributed by atoms with Gasteiger partial charge in [0.25, 0.3) is 5.56 Å². The molecule has 0 bridgehead atoms. The first-order valence-corrected chi connectivity index (χ1v) is 9.90. The van der Waals surface area contributed by atoms with Crippen molar-refractivity contribution in [3.63, 3.8) is 0 Å². The van der Waals surface area contributed by atoms with E-state index in [1.54, 1.807) is 27.4 Å². The molecule has 3 aromatic heterocycles. The van der Waals surface area contributed by atoms with E-state index in [0.29, 0.717) is 5.92 Å². The summed E-state index contributed by atoms with van der Waals surface area (Å²) >= 11 is 0. The molecule has 6 nitrogen and oxygen atoms in total. The number of fused-ring (bicyclic) bond motifs is 1. The zero-order chi connectivity index (χ0) is 19.7. The van der Waals surface area contributed by atoms with E-state index >= 15 is 0 Å². The van der Waals surface area contributed by atoms with Gasteiger partial charge in [-0.3, -0.25) is 14.3 Å².